The first-order valence-electron chi connectivity index (χ1n) is 10.3. The number of hydrogen-bond acceptors (Lipinski definition) is 5. The summed E-state index contributed by atoms with van der Waals surface area (Å²) in [6.45, 7) is 10.3. The van der Waals surface area contributed by atoms with E-state index < -0.39 is 0 Å². The molecule has 0 spiro atoms. The second-order valence-electron chi connectivity index (χ2n) is 7.04. The van der Waals surface area contributed by atoms with Gasteiger partial charge in [0.2, 0.25) is 5.91 Å². The SMILES string of the molecule is CCOC(=O)c1c(/C=C/C(=O)N(CCC#N)C2CCOCC2)c(C)n(CC)c1C. The molecule has 2 rings (SSSR count). The summed E-state index contributed by atoms with van der Waals surface area (Å²) in [5, 5.41) is 8.96. The van der Waals surface area contributed by atoms with Gasteiger partial charge < -0.3 is 18.9 Å². The number of nitriles is 1. The van der Waals surface area contributed by atoms with Gasteiger partial charge in [-0.2, -0.15) is 5.26 Å². The molecule has 0 atom stereocenters. The highest BCUT2D eigenvalue weighted by Crippen LogP contribution is 2.25. The lowest BCUT2D eigenvalue weighted by Gasteiger charge is -2.33. The number of nitrogens with zero attached hydrogens (tertiary/aromatic N) is 3. The molecular formula is C22H31N3O4. The fourth-order valence-electron chi connectivity index (χ4n) is 3.94. The minimum Gasteiger partial charge on any atom is -0.462 e. The summed E-state index contributed by atoms with van der Waals surface area (Å²) in [5.41, 5.74) is 2.97. The Bertz CT molecular complexity index is 798. The van der Waals surface area contributed by atoms with Crippen LogP contribution < -0.4 is 0 Å². The molecule has 1 aliphatic rings. The van der Waals surface area contributed by atoms with Crippen LogP contribution in [0.2, 0.25) is 0 Å². The molecule has 1 saturated heterocycles. The van der Waals surface area contributed by atoms with Crippen LogP contribution in [0.25, 0.3) is 6.08 Å². The molecule has 0 N–H and O–H groups in total. The van der Waals surface area contributed by atoms with Crippen molar-refractivity contribution in [1.82, 2.24) is 9.47 Å². The van der Waals surface area contributed by atoms with Gasteiger partial charge in [-0.25, -0.2) is 4.79 Å². The van der Waals surface area contributed by atoms with Crippen LogP contribution in [-0.4, -0.2) is 53.8 Å². The molecule has 0 aliphatic carbocycles. The standard InChI is InChI=1S/C22H31N3O4/c1-5-24-16(3)19(21(17(24)4)22(27)29-6-2)8-9-20(26)25(13-7-12-23)18-10-14-28-15-11-18/h8-9,18H,5-7,10-11,13-15H2,1-4H3/b9-8+. The topological polar surface area (TPSA) is 84.6 Å². The Morgan fingerprint density at radius 3 is 2.55 bits per heavy atom. The first kappa shape index (κ1) is 22.7. The fourth-order valence-corrected chi connectivity index (χ4v) is 3.94. The van der Waals surface area contributed by atoms with Crippen LogP contribution in [-0.2, 0) is 20.8 Å². The zero-order chi connectivity index (χ0) is 21.4. The number of esters is 1. The maximum Gasteiger partial charge on any atom is 0.340 e. The summed E-state index contributed by atoms with van der Waals surface area (Å²) >= 11 is 0. The lowest BCUT2D eigenvalue weighted by molar-refractivity contribution is -0.130. The summed E-state index contributed by atoms with van der Waals surface area (Å²) in [6, 6.07) is 2.19. The zero-order valence-electron chi connectivity index (χ0n) is 17.9. The molecule has 0 saturated carbocycles. The maximum atomic E-state index is 13.0. The van der Waals surface area contributed by atoms with Crippen molar-refractivity contribution in [3.05, 3.63) is 28.6 Å². The van der Waals surface area contributed by atoms with Gasteiger partial charge in [0.25, 0.3) is 0 Å². The molecule has 1 aromatic rings. The Labute approximate surface area is 172 Å². The molecule has 0 aromatic carbocycles. The quantitative estimate of drug-likeness (QED) is 0.493. The van der Waals surface area contributed by atoms with Crippen LogP contribution in [0.3, 0.4) is 0 Å². The first-order valence-corrected chi connectivity index (χ1v) is 10.3. The average molecular weight is 402 g/mol. The Kier molecular flexibility index (Phi) is 8.47. The van der Waals surface area contributed by atoms with E-state index in [1.54, 1.807) is 17.9 Å². The molecule has 2 heterocycles. The first-order chi connectivity index (χ1) is 14.0. The monoisotopic (exact) mass is 401 g/mol. The Balaban J connectivity index is 2.33. The molecule has 1 fully saturated rings. The molecule has 0 unspecified atom stereocenters. The molecule has 29 heavy (non-hydrogen) atoms. The third-order valence-electron chi connectivity index (χ3n) is 5.40. The van der Waals surface area contributed by atoms with Crippen molar-refractivity contribution < 1.29 is 19.1 Å². The van der Waals surface area contributed by atoms with Gasteiger partial charge in [-0.3, -0.25) is 4.79 Å². The van der Waals surface area contributed by atoms with Gasteiger partial charge >= 0.3 is 5.97 Å². The van der Waals surface area contributed by atoms with E-state index in [1.807, 2.05) is 25.3 Å². The smallest absolute Gasteiger partial charge is 0.340 e. The van der Waals surface area contributed by atoms with Crippen LogP contribution in [0.1, 0.15) is 60.4 Å². The lowest BCUT2D eigenvalue weighted by Crippen LogP contribution is -2.43. The van der Waals surface area contributed by atoms with Crippen molar-refractivity contribution in [2.75, 3.05) is 26.4 Å². The van der Waals surface area contributed by atoms with E-state index in [9.17, 15) is 9.59 Å². The van der Waals surface area contributed by atoms with Crippen molar-refractivity contribution in [2.45, 2.75) is 59.5 Å². The highest BCUT2D eigenvalue weighted by atomic mass is 16.5. The fraction of sp³-hybridized carbons (Fsp3) is 0.591. The Morgan fingerprint density at radius 2 is 1.97 bits per heavy atom. The van der Waals surface area contributed by atoms with Crippen molar-refractivity contribution in [3.8, 4) is 6.07 Å². The van der Waals surface area contributed by atoms with Crippen molar-refractivity contribution in [2.24, 2.45) is 0 Å². The maximum absolute atomic E-state index is 13.0. The minimum atomic E-state index is -0.377. The van der Waals surface area contributed by atoms with Crippen molar-refractivity contribution in [3.63, 3.8) is 0 Å². The Morgan fingerprint density at radius 1 is 1.28 bits per heavy atom. The van der Waals surface area contributed by atoms with E-state index >= 15 is 0 Å². The van der Waals surface area contributed by atoms with Crippen LogP contribution >= 0.6 is 0 Å². The van der Waals surface area contributed by atoms with E-state index in [-0.39, 0.29) is 24.3 Å². The number of ether oxygens (including phenoxy) is 2. The lowest BCUT2D eigenvalue weighted by atomic mass is 10.1. The molecule has 1 aromatic heterocycles. The highest BCUT2D eigenvalue weighted by molar-refractivity contribution is 5.99. The minimum absolute atomic E-state index is 0.0712. The molecule has 7 heteroatoms. The van der Waals surface area contributed by atoms with Crippen LogP contribution in [0.4, 0.5) is 0 Å². The average Bonchev–Trinajstić information content (AvgIpc) is 2.96. The van der Waals surface area contributed by atoms with E-state index in [0.29, 0.717) is 37.5 Å². The van der Waals surface area contributed by atoms with Crippen LogP contribution in [0.5, 0.6) is 0 Å². The summed E-state index contributed by atoms with van der Waals surface area (Å²) in [5.74, 6) is -0.526. The van der Waals surface area contributed by atoms with E-state index in [1.165, 1.54) is 6.08 Å². The molecule has 1 amide bonds. The largest absolute Gasteiger partial charge is 0.462 e. The number of carbonyl (C=O) groups excluding carboxylic acids is 2. The molecular weight excluding hydrogens is 370 g/mol. The van der Waals surface area contributed by atoms with Gasteiger partial charge in [-0.15, -0.1) is 0 Å². The van der Waals surface area contributed by atoms with Gasteiger partial charge in [0.05, 0.1) is 24.7 Å². The number of hydrogen-bond donors (Lipinski definition) is 0. The van der Waals surface area contributed by atoms with E-state index in [4.69, 9.17) is 14.7 Å². The molecule has 1 aliphatic heterocycles. The molecule has 158 valence electrons. The van der Waals surface area contributed by atoms with E-state index in [2.05, 4.69) is 6.07 Å². The van der Waals surface area contributed by atoms with Gasteiger partial charge in [-0.05, 0) is 46.6 Å². The summed E-state index contributed by atoms with van der Waals surface area (Å²) in [7, 11) is 0. The number of carbonyl (C=O) groups is 2. The van der Waals surface area contributed by atoms with Crippen molar-refractivity contribution >= 4 is 18.0 Å². The second-order valence-corrected chi connectivity index (χ2v) is 7.04. The predicted molar refractivity (Wildman–Crippen MR) is 110 cm³/mol. The third-order valence-corrected chi connectivity index (χ3v) is 5.40. The Hall–Kier alpha value is -2.59. The summed E-state index contributed by atoms with van der Waals surface area (Å²) in [4.78, 5) is 27.2. The number of aromatic nitrogens is 1. The highest BCUT2D eigenvalue weighted by Gasteiger charge is 2.25. The van der Waals surface area contributed by atoms with Crippen LogP contribution in [0, 0.1) is 25.2 Å². The number of amides is 1. The molecule has 0 bridgehead atoms. The van der Waals surface area contributed by atoms with E-state index in [0.717, 1.165) is 30.8 Å². The van der Waals surface area contributed by atoms with Crippen molar-refractivity contribution in [1.29, 1.82) is 5.26 Å². The molecule has 7 nitrogen and oxygen atoms in total. The predicted octanol–water partition coefficient (Wildman–Crippen LogP) is 3.24. The van der Waals surface area contributed by atoms with Gasteiger partial charge in [0, 0.05) is 55.4 Å². The van der Waals surface area contributed by atoms with Gasteiger partial charge in [-0.1, -0.05) is 0 Å². The summed E-state index contributed by atoms with van der Waals surface area (Å²) in [6.07, 6.45) is 5.04. The number of rotatable bonds is 8. The summed E-state index contributed by atoms with van der Waals surface area (Å²) < 4.78 is 12.7. The zero-order valence-corrected chi connectivity index (χ0v) is 17.9. The second kappa shape index (κ2) is 10.8. The molecule has 0 radical (unpaired) electrons. The van der Waals surface area contributed by atoms with Crippen LogP contribution in [0.15, 0.2) is 6.08 Å². The van der Waals surface area contributed by atoms with Gasteiger partial charge in [0.1, 0.15) is 0 Å². The normalized spacial score (nSPS) is 14.7. The van der Waals surface area contributed by atoms with Gasteiger partial charge in [0.15, 0.2) is 0 Å². The third kappa shape index (κ3) is 5.27.